The van der Waals surface area contributed by atoms with E-state index in [0.29, 0.717) is 5.95 Å². The number of rotatable bonds is 3. The van der Waals surface area contributed by atoms with E-state index < -0.39 is 0 Å². The largest absolute Gasteiger partial charge is 0.468 e. The maximum absolute atomic E-state index is 5.37. The monoisotopic (exact) mass is 170 g/mol. The molecule has 0 saturated carbocycles. The van der Waals surface area contributed by atoms with Crippen LogP contribution in [0.3, 0.4) is 0 Å². The van der Waals surface area contributed by atoms with Crippen molar-refractivity contribution < 1.29 is 13.6 Å². The molecule has 1 aromatic rings. The molecule has 3 nitrogen and oxygen atoms in total. The molecule has 0 aromatic carbocycles. The predicted molar refractivity (Wildman–Crippen MR) is 47.0 cm³/mol. The molecule has 0 saturated heterocycles. The molecule has 0 aliphatic rings. The lowest BCUT2D eigenvalue weighted by molar-refractivity contribution is -0.884. The molecule has 0 amide bonds. The van der Waals surface area contributed by atoms with Crippen LogP contribution in [0.5, 0.6) is 5.95 Å². The zero-order valence-corrected chi connectivity index (χ0v) is 8.13. The van der Waals surface area contributed by atoms with Gasteiger partial charge in [-0.25, -0.2) is 0 Å². The van der Waals surface area contributed by atoms with Crippen LogP contribution in [-0.2, 0) is 6.54 Å². The third-order valence-corrected chi connectivity index (χ3v) is 1.47. The average molecular weight is 170 g/mol. The maximum atomic E-state index is 5.37. The highest BCUT2D eigenvalue weighted by atomic mass is 16.6. The smallest absolute Gasteiger partial charge is 0.284 e. The number of methoxy groups -OCH3 is 1. The van der Waals surface area contributed by atoms with Crippen molar-refractivity contribution in [2.75, 3.05) is 28.3 Å². The number of quaternary nitrogens is 1. The van der Waals surface area contributed by atoms with Gasteiger partial charge in [-0.15, -0.1) is 0 Å². The second kappa shape index (κ2) is 3.19. The Hall–Kier alpha value is -0.960. The van der Waals surface area contributed by atoms with Crippen LogP contribution in [0.2, 0.25) is 0 Å². The molecular formula is C9H16NO2+. The molecule has 3 heteroatoms. The number of furan rings is 1. The topological polar surface area (TPSA) is 22.4 Å². The summed E-state index contributed by atoms with van der Waals surface area (Å²) in [6.45, 7) is 0.878. The molecule has 1 heterocycles. The standard InChI is InChI=1S/C9H16NO2/c1-10(2,3)7-8-5-6-9(11-4)12-8/h5-6H,7H2,1-4H3/q+1. The third-order valence-electron chi connectivity index (χ3n) is 1.47. The van der Waals surface area contributed by atoms with Crippen LogP contribution in [0.15, 0.2) is 16.5 Å². The van der Waals surface area contributed by atoms with Crippen LogP contribution in [-0.4, -0.2) is 32.7 Å². The Morgan fingerprint density at radius 3 is 2.42 bits per heavy atom. The first-order chi connectivity index (χ1) is 5.51. The van der Waals surface area contributed by atoms with E-state index >= 15 is 0 Å². The molecule has 1 aromatic heterocycles. The van der Waals surface area contributed by atoms with E-state index in [4.69, 9.17) is 9.15 Å². The maximum Gasteiger partial charge on any atom is 0.284 e. The zero-order valence-electron chi connectivity index (χ0n) is 8.13. The van der Waals surface area contributed by atoms with Gasteiger partial charge in [0.25, 0.3) is 5.95 Å². The van der Waals surface area contributed by atoms with E-state index in [0.717, 1.165) is 16.8 Å². The number of ether oxygens (including phenoxy) is 1. The molecule has 0 aliphatic heterocycles. The first-order valence-corrected chi connectivity index (χ1v) is 3.94. The minimum Gasteiger partial charge on any atom is -0.468 e. The number of hydrogen-bond donors (Lipinski definition) is 0. The second-order valence-corrected chi connectivity index (χ2v) is 3.87. The summed E-state index contributed by atoms with van der Waals surface area (Å²) in [7, 11) is 7.97. The molecule has 0 radical (unpaired) electrons. The molecule has 0 spiro atoms. The van der Waals surface area contributed by atoms with Crippen molar-refractivity contribution in [2.24, 2.45) is 0 Å². The van der Waals surface area contributed by atoms with Crippen molar-refractivity contribution in [3.63, 3.8) is 0 Å². The summed E-state index contributed by atoms with van der Waals surface area (Å²) in [6.07, 6.45) is 0. The lowest BCUT2D eigenvalue weighted by Crippen LogP contribution is -2.33. The van der Waals surface area contributed by atoms with Gasteiger partial charge in [0.05, 0.1) is 28.3 Å². The summed E-state index contributed by atoms with van der Waals surface area (Å²) in [5, 5.41) is 0. The van der Waals surface area contributed by atoms with E-state index in [2.05, 4.69) is 21.1 Å². The first-order valence-electron chi connectivity index (χ1n) is 3.94. The van der Waals surface area contributed by atoms with Gasteiger partial charge in [-0.1, -0.05) is 0 Å². The first kappa shape index (κ1) is 9.13. The molecular weight excluding hydrogens is 154 g/mol. The number of hydrogen-bond acceptors (Lipinski definition) is 2. The highest BCUT2D eigenvalue weighted by Crippen LogP contribution is 2.17. The van der Waals surface area contributed by atoms with Gasteiger partial charge in [-0.05, 0) is 6.07 Å². The quantitative estimate of drug-likeness (QED) is 0.641. The SMILES string of the molecule is COc1ccc(C[N+](C)(C)C)o1. The Kier molecular flexibility index (Phi) is 2.43. The molecule has 0 atom stereocenters. The Labute approximate surface area is 73.1 Å². The minimum atomic E-state index is 0.582. The van der Waals surface area contributed by atoms with Gasteiger partial charge in [0.2, 0.25) is 0 Å². The Bertz CT molecular complexity index is 247. The van der Waals surface area contributed by atoms with Crippen molar-refractivity contribution in [2.45, 2.75) is 6.54 Å². The average Bonchev–Trinajstić information content (AvgIpc) is 2.32. The highest BCUT2D eigenvalue weighted by molar-refractivity contribution is 5.10. The summed E-state index contributed by atoms with van der Waals surface area (Å²) in [5.41, 5.74) is 0. The van der Waals surface area contributed by atoms with Gasteiger partial charge < -0.3 is 13.6 Å². The van der Waals surface area contributed by atoms with Gasteiger partial charge in [0, 0.05) is 6.07 Å². The zero-order chi connectivity index (χ0) is 9.19. The van der Waals surface area contributed by atoms with Crippen LogP contribution in [0.1, 0.15) is 5.76 Å². The summed E-state index contributed by atoms with van der Waals surface area (Å²) >= 11 is 0. The van der Waals surface area contributed by atoms with Crippen LogP contribution in [0.25, 0.3) is 0 Å². The van der Waals surface area contributed by atoms with Gasteiger partial charge in [-0.3, -0.25) is 0 Å². The Morgan fingerprint density at radius 1 is 1.33 bits per heavy atom. The Balaban J connectivity index is 2.64. The fourth-order valence-electron chi connectivity index (χ4n) is 1.02. The van der Waals surface area contributed by atoms with E-state index in [-0.39, 0.29) is 0 Å². The highest BCUT2D eigenvalue weighted by Gasteiger charge is 2.11. The van der Waals surface area contributed by atoms with Gasteiger partial charge >= 0.3 is 0 Å². The van der Waals surface area contributed by atoms with Crippen LogP contribution < -0.4 is 4.74 Å². The van der Waals surface area contributed by atoms with Gasteiger partial charge in [-0.2, -0.15) is 0 Å². The van der Waals surface area contributed by atoms with E-state index in [1.165, 1.54) is 0 Å². The molecule has 0 fully saturated rings. The summed E-state index contributed by atoms with van der Waals surface area (Å²) in [4.78, 5) is 0. The van der Waals surface area contributed by atoms with E-state index in [1.54, 1.807) is 7.11 Å². The summed E-state index contributed by atoms with van der Waals surface area (Å²) in [6, 6.07) is 3.79. The van der Waals surface area contributed by atoms with Gasteiger partial charge in [0.15, 0.2) is 5.76 Å². The summed E-state index contributed by atoms with van der Waals surface area (Å²) < 4.78 is 11.2. The van der Waals surface area contributed by atoms with E-state index in [1.807, 2.05) is 12.1 Å². The van der Waals surface area contributed by atoms with Crippen molar-refractivity contribution in [1.29, 1.82) is 0 Å². The normalized spacial score (nSPS) is 11.7. The van der Waals surface area contributed by atoms with Gasteiger partial charge in [0.1, 0.15) is 6.54 Å². The lowest BCUT2D eigenvalue weighted by Gasteiger charge is -2.22. The van der Waals surface area contributed by atoms with Crippen molar-refractivity contribution in [1.82, 2.24) is 0 Å². The summed E-state index contributed by atoms with van der Waals surface area (Å²) in [5.74, 6) is 1.54. The molecule has 0 unspecified atom stereocenters. The fourth-order valence-corrected chi connectivity index (χ4v) is 1.02. The van der Waals surface area contributed by atoms with Crippen LogP contribution >= 0.6 is 0 Å². The lowest BCUT2D eigenvalue weighted by atomic mass is 10.4. The molecule has 0 N–H and O–H groups in total. The van der Waals surface area contributed by atoms with Crippen molar-refractivity contribution >= 4 is 0 Å². The molecule has 68 valence electrons. The molecule has 1 rings (SSSR count). The van der Waals surface area contributed by atoms with E-state index in [9.17, 15) is 0 Å². The van der Waals surface area contributed by atoms with Crippen molar-refractivity contribution in [3.8, 4) is 5.95 Å². The van der Waals surface area contributed by atoms with Crippen LogP contribution in [0, 0.1) is 0 Å². The van der Waals surface area contributed by atoms with Crippen LogP contribution in [0.4, 0.5) is 0 Å². The second-order valence-electron chi connectivity index (χ2n) is 3.87. The molecule has 0 bridgehead atoms. The third kappa shape index (κ3) is 2.58. The van der Waals surface area contributed by atoms with Crippen molar-refractivity contribution in [3.05, 3.63) is 17.9 Å². The fraction of sp³-hybridized carbons (Fsp3) is 0.556. The molecule has 12 heavy (non-hydrogen) atoms. The predicted octanol–water partition coefficient (Wildman–Crippen LogP) is 1.49. The molecule has 0 aliphatic carbocycles. The number of nitrogens with zero attached hydrogens (tertiary/aromatic N) is 1. The Morgan fingerprint density at radius 2 is 2.00 bits per heavy atom. The minimum absolute atomic E-state index is 0.582.